The van der Waals surface area contributed by atoms with Crippen molar-refractivity contribution in [3.05, 3.63) is 75.3 Å². The summed E-state index contributed by atoms with van der Waals surface area (Å²) in [5, 5.41) is 0.403. The lowest BCUT2D eigenvalue weighted by Crippen LogP contribution is -2.25. The summed E-state index contributed by atoms with van der Waals surface area (Å²) in [6.07, 6.45) is 2.01. The van der Waals surface area contributed by atoms with Crippen LogP contribution in [0, 0.1) is 0 Å². The summed E-state index contributed by atoms with van der Waals surface area (Å²) in [4.78, 5) is 28.9. The molecule has 3 heterocycles. The molecule has 29 heavy (non-hydrogen) atoms. The predicted molar refractivity (Wildman–Crippen MR) is 108 cm³/mol. The molecule has 4 rings (SSSR count). The van der Waals surface area contributed by atoms with E-state index in [9.17, 15) is 18.0 Å². The molecular weight excluding hydrogens is 418 g/mol. The molecule has 0 aliphatic carbocycles. The molecule has 10 heteroatoms. The first kappa shape index (κ1) is 19.4. The van der Waals surface area contributed by atoms with Gasteiger partial charge in [-0.1, -0.05) is 17.7 Å². The SMILES string of the molecule is O=C(OCc1cc(=O)n2cc(Cl)ccc2n1)c1cccc(N2CCCS2(=O)=O)c1. The highest BCUT2D eigenvalue weighted by Gasteiger charge is 2.28. The average molecular weight is 434 g/mol. The largest absolute Gasteiger partial charge is 0.456 e. The summed E-state index contributed by atoms with van der Waals surface area (Å²) in [6.45, 7) is 0.190. The van der Waals surface area contributed by atoms with Gasteiger partial charge in [0.1, 0.15) is 12.3 Å². The van der Waals surface area contributed by atoms with Gasteiger partial charge < -0.3 is 4.74 Å². The Kier molecular flexibility index (Phi) is 5.01. The van der Waals surface area contributed by atoms with Crippen molar-refractivity contribution in [3.8, 4) is 0 Å². The van der Waals surface area contributed by atoms with Gasteiger partial charge in [0, 0.05) is 18.8 Å². The van der Waals surface area contributed by atoms with E-state index in [0.29, 0.717) is 35.0 Å². The quantitative estimate of drug-likeness (QED) is 0.585. The van der Waals surface area contributed by atoms with Crippen LogP contribution in [0.15, 0.2) is 53.5 Å². The van der Waals surface area contributed by atoms with Gasteiger partial charge in [-0.15, -0.1) is 0 Å². The molecule has 1 aromatic carbocycles. The predicted octanol–water partition coefficient (Wildman–Crippen LogP) is 2.24. The molecule has 1 saturated heterocycles. The van der Waals surface area contributed by atoms with Gasteiger partial charge in [0.25, 0.3) is 5.56 Å². The number of hydrogen-bond donors (Lipinski definition) is 0. The Balaban J connectivity index is 1.52. The molecule has 1 aliphatic rings. The van der Waals surface area contributed by atoms with E-state index in [1.807, 2.05) is 0 Å². The van der Waals surface area contributed by atoms with Gasteiger partial charge in [0.15, 0.2) is 0 Å². The van der Waals surface area contributed by atoms with Gasteiger partial charge in [-0.2, -0.15) is 0 Å². The second kappa shape index (κ2) is 7.49. The molecule has 0 radical (unpaired) electrons. The molecule has 8 nitrogen and oxygen atoms in total. The number of nitrogens with zero attached hydrogens (tertiary/aromatic N) is 3. The van der Waals surface area contributed by atoms with Gasteiger partial charge in [-0.25, -0.2) is 18.2 Å². The fourth-order valence-electron chi connectivity index (χ4n) is 3.14. The third kappa shape index (κ3) is 3.96. The first-order valence-electron chi connectivity index (χ1n) is 8.79. The zero-order valence-electron chi connectivity index (χ0n) is 15.1. The van der Waals surface area contributed by atoms with Crippen LogP contribution in [0.1, 0.15) is 22.5 Å². The van der Waals surface area contributed by atoms with E-state index in [1.165, 1.54) is 27.0 Å². The van der Waals surface area contributed by atoms with Gasteiger partial charge in [0.2, 0.25) is 10.0 Å². The number of hydrogen-bond acceptors (Lipinski definition) is 6. The van der Waals surface area contributed by atoms with Crippen molar-refractivity contribution < 1.29 is 17.9 Å². The highest BCUT2D eigenvalue weighted by atomic mass is 35.5. The number of esters is 1. The molecule has 0 saturated carbocycles. The number of halogens is 1. The lowest BCUT2D eigenvalue weighted by atomic mass is 10.2. The molecule has 1 fully saturated rings. The van der Waals surface area contributed by atoms with E-state index < -0.39 is 16.0 Å². The number of aromatic nitrogens is 2. The van der Waals surface area contributed by atoms with Gasteiger partial charge in [-0.3, -0.25) is 13.5 Å². The van der Waals surface area contributed by atoms with Gasteiger partial charge in [-0.05, 0) is 36.8 Å². The molecule has 0 N–H and O–H groups in total. The Morgan fingerprint density at radius 2 is 2.03 bits per heavy atom. The minimum absolute atomic E-state index is 0.0933. The van der Waals surface area contributed by atoms with E-state index in [2.05, 4.69) is 4.98 Å². The zero-order chi connectivity index (χ0) is 20.6. The standard InChI is InChI=1S/C19H16ClN3O5S/c20-14-5-6-17-21-15(10-18(24)22(17)11-14)12-28-19(25)13-3-1-4-16(9-13)23-7-2-8-29(23,26)27/h1,3-6,9-11H,2,7-8,12H2. The topological polar surface area (TPSA) is 98.1 Å². The van der Waals surface area contributed by atoms with Crippen LogP contribution in [0.4, 0.5) is 5.69 Å². The van der Waals surface area contributed by atoms with Crippen LogP contribution >= 0.6 is 11.6 Å². The van der Waals surface area contributed by atoms with Crippen molar-refractivity contribution in [2.45, 2.75) is 13.0 Å². The second-order valence-electron chi connectivity index (χ2n) is 6.53. The van der Waals surface area contributed by atoms with Crippen LogP contribution in [-0.2, 0) is 21.4 Å². The van der Waals surface area contributed by atoms with E-state index in [-0.39, 0.29) is 23.5 Å². The van der Waals surface area contributed by atoms with Crippen molar-refractivity contribution in [2.24, 2.45) is 0 Å². The van der Waals surface area contributed by atoms with Gasteiger partial charge in [0.05, 0.1) is 27.7 Å². The Labute approximate surface area is 171 Å². The Hall–Kier alpha value is -2.91. The highest BCUT2D eigenvalue weighted by Crippen LogP contribution is 2.25. The Morgan fingerprint density at radius 1 is 1.21 bits per heavy atom. The van der Waals surface area contributed by atoms with Crippen molar-refractivity contribution >= 4 is 38.9 Å². The fourth-order valence-corrected chi connectivity index (χ4v) is 4.86. The first-order valence-corrected chi connectivity index (χ1v) is 10.8. The zero-order valence-corrected chi connectivity index (χ0v) is 16.7. The summed E-state index contributed by atoms with van der Waals surface area (Å²) >= 11 is 5.88. The third-order valence-electron chi connectivity index (χ3n) is 4.50. The maximum absolute atomic E-state index is 12.4. The summed E-state index contributed by atoms with van der Waals surface area (Å²) < 4.78 is 32.0. The molecular formula is C19H16ClN3O5S. The summed E-state index contributed by atoms with van der Waals surface area (Å²) in [5.41, 5.74) is 0.979. The van der Waals surface area contributed by atoms with Crippen LogP contribution in [0.2, 0.25) is 5.02 Å². The van der Waals surface area contributed by atoms with Crippen LogP contribution in [0.3, 0.4) is 0 Å². The summed E-state index contributed by atoms with van der Waals surface area (Å²) in [7, 11) is -3.34. The maximum Gasteiger partial charge on any atom is 0.338 e. The highest BCUT2D eigenvalue weighted by molar-refractivity contribution is 7.93. The normalized spacial score (nSPS) is 15.6. The number of pyridine rings is 1. The van der Waals surface area contributed by atoms with Crippen molar-refractivity contribution in [2.75, 3.05) is 16.6 Å². The molecule has 0 bridgehead atoms. The van der Waals surface area contributed by atoms with Crippen LogP contribution < -0.4 is 9.86 Å². The monoisotopic (exact) mass is 433 g/mol. The minimum Gasteiger partial charge on any atom is -0.456 e. The molecule has 0 spiro atoms. The third-order valence-corrected chi connectivity index (χ3v) is 6.59. The van der Waals surface area contributed by atoms with E-state index in [0.717, 1.165) is 0 Å². The minimum atomic E-state index is -3.34. The smallest absolute Gasteiger partial charge is 0.338 e. The number of carbonyl (C=O) groups excluding carboxylic acids is 1. The summed E-state index contributed by atoms with van der Waals surface area (Å²) in [6, 6.07) is 10.7. The van der Waals surface area contributed by atoms with Gasteiger partial charge >= 0.3 is 5.97 Å². The maximum atomic E-state index is 12.4. The molecule has 1 aliphatic heterocycles. The van der Waals surface area contributed by atoms with E-state index >= 15 is 0 Å². The second-order valence-corrected chi connectivity index (χ2v) is 8.98. The Morgan fingerprint density at radius 3 is 2.79 bits per heavy atom. The summed E-state index contributed by atoms with van der Waals surface area (Å²) in [5.74, 6) is -0.544. The molecule has 0 atom stereocenters. The molecule has 0 unspecified atom stereocenters. The van der Waals surface area contributed by atoms with Crippen molar-refractivity contribution in [3.63, 3.8) is 0 Å². The molecule has 0 amide bonds. The lowest BCUT2D eigenvalue weighted by molar-refractivity contribution is 0.0467. The number of anilines is 1. The number of rotatable bonds is 4. The van der Waals surface area contributed by atoms with Crippen LogP contribution in [0.25, 0.3) is 5.65 Å². The average Bonchev–Trinajstić information content (AvgIpc) is 3.06. The number of sulfonamides is 1. The van der Waals surface area contributed by atoms with E-state index in [1.54, 1.807) is 30.3 Å². The van der Waals surface area contributed by atoms with Crippen molar-refractivity contribution in [1.82, 2.24) is 9.38 Å². The van der Waals surface area contributed by atoms with Crippen LogP contribution in [0.5, 0.6) is 0 Å². The number of fused-ring (bicyclic) bond motifs is 1. The lowest BCUT2D eigenvalue weighted by Gasteiger charge is -2.17. The number of benzene rings is 1. The number of ether oxygens (including phenoxy) is 1. The van der Waals surface area contributed by atoms with Crippen molar-refractivity contribution in [1.29, 1.82) is 0 Å². The molecule has 3 aromatic rings. The fraction of sp³-hybridized carbons (Fsp3) is 0.211. The Bertz CT molecular complexity index is 1270. The first-order chi connectivity index (χ1) is 13.8. The molecule has 2 aromatic heterocycles. The van der Waals surface area contributed by atoms with Crippen LogP contribution in [-0.4, -0.2) is 36.1 Å². The number of carbonyl (C=O) groups is 1. The molecule has 150 valence electrons. The van der Waals surface area contributed by atoms with E-state index in [4.69, 9.17) is 16.3 Å².